The Bertz CT molecular complexity index is 360. The van der Waals surface area contributed by atoms with Gasteiger partial charge in [-0.15, -0.1) is 11.3 Å². The molecular formula is C10H14N2S. The molecule has 0 bridgehead atoms. The van der Waals surface area contributed by atoms with Gasteiger partial charge >= 0.3 is 0 Å². The van der Waals surface area contributed by atoms with E-state index in [-0.39, 0.29) is 0 Å². The van der Waals surface area contributed by atoms with Crippen molar-refractivity contribution in [1.29, 1.82) is 0 Å². The van der Waals surface area contributed by atoms with E-state index in [4.69, 9.17) is 0 Å². The van der Waals surface area contributed by atoms with E-state index < -0.39 is 0 Å². The predicted octanol–water partition coefficient (Wildman–Crippen LogP) is 3.30. The number of rotatable bonds is 3. The molecule has 0 amide bonds. The summed E-state index contributed by atoms with van der Waals surface area (Å²) >= 11 is 1.70. The smallest absolute Gasteiger partial charge is 0.193 e. The van der Waals surface area contributed by atoms with Crippen molar-refractivity contribution >= 4 is 16.3 Å². The molecule has 1 atom stereocenters. The molecule has 0 fully saturated rings. The highest BCUT2D eigenvalue weighted by molar-refractivity contribution is 7.15. The van der Waals surface area contributed by atoms with E-state index in [0.29, 0.717) is 5.92 Å². The summed E-state index contributed by atoms with van der Waals surface area (Å²) in [5.41, 5.74) is 1.23. The van der Waals surface area contributed by atoms with Crippen LogP contribution < -0.4 is 0 Å². The van der Waals surface area contributed by atoms with Crippen LogP contribution in [0.15, 0.2) is 17.8 Å². The van der Waals surface area contributed by atoms with E-state index in [1.807, 2.05) is 0 Å². The van der Waals surface area contributed by atoms with E-state index in [2.05, 4.69) is 41.0 Å². The van der Waals surface area contributed by atoms with Crippen molar-refractivity contribution in [3.63, 3.8) is 0 Å². The minimum Gasteiger partial charge on any atom is -0.297 e. The number of imidazole rings is 1. The molecule has 0 saturated heterocycles. The second-order valence-electron chi connectivity index (χ2n) is 3.45. The maximum Gasteiger partial charge on any atom is 0.193 e. The van der Waals surface area contributed by atoms with Crippen molar-refractivity contribution in [3.05, 3.63) is 23.5 Å². The monoisotopic (exact) mass is 194 g/mol. The first kappa shape index (κ1) is 8.75. The Morgan fingerprint density at radius 3 is 3.15 bits per heavy atom. The van der Waals surface area contributed by atoms with E-state index >= 15 is 0 Å². The van der Waals surface area contributed by atoms with E-state index in [1.54, 1.807) is 11.3 Å². The molecular weight excluding hydrogens is 180 g/mol. The van der Waals surface area contributed by atoms with Crippen LogP contribution in [0.2, 0.25) is 0 Å². The first-order valence-corrected chi connectivity index (χ1v) is 5.61. The molecule has 0 radical (unpaired) electrons. The van der Waals surface area contributed by atoms with Crippen LogP contribution in [0.25, 0.3) is 4.96 Å². The Hall–Kier alpha value is -0.830. The molecule has 0 aromatic carbocycles. The van der Waals surface area contributed by atoms with Gasteiger partial charge in [-0.25, -0.2) is 4.98 Å². The maximum absolute atomic E-state index is 4.57. The van der Waals surface area contributed by atoms with Gasteiger partial charge in [0.1, 0.15) is 0 Å². The van der Waals surface area contributed by atoms with Gasteiger partial charge in [-0.3, -0.25) is 4.40 Å². The van der Waals surface area contributed by atoms with E-state index in [9.17, 15) is 0 Å². The fourth-order valence-electron chi connectivity index (χ4n) is 1.56. The van der Waals surface area contributed by atoms with Crippen LogP contribution >= 0.6 is 11.3 Å². The van der Waals surface area contributed by atoms with Crippen molar-refractivity contribution in [2.24, 2.45) is 0 Å². The van der Waals surface area contributed by atoms with Crippen molar-refractivity contribution in [2.45, 2.75) is 32.6 Å². The summed E-state index contributed by atoms with van der Waals surface area (Å²) in [4.78, 5) is 5.68. The van der Waals surface area contributed by atoms with Crippen LogP contribution in [0.3, 0.4) is 0 Å². The summed E-state index contributed by atoms with van der Waals surface area (Å²) < 4.78 is 2.10. The Morgan fingerprint density at radius 2 is 2.46 bits per heavy atom. The molecule has 0 aliphatic heterocycles. The van der Waals surface area contributed by atoms with Gasteiger partial charge in [0.2, 0.25) is 0 Å². The third-order valence-electron chi connectivity index (χ3n) is 2.34. The normalized spacial score (nSPS) is 13.7. The third-order valence-corrected chi connectivity index (χ3v) is 3.11. The van der Waals surface area contributed by atoms with Gasteiger partial charge in [-0.1, -0.05) is 20.3 Å². The van der Waals surface area contributed by atoms with E-state index in [0.717, 1.165) is 4.96 Å². The zero-order chi connectivity index (χ0) is 9.26. The summed E-state index contributed by atoms with van der Waals surface area (Å²) in [6.07, 6.45) is 6.67. The number of hydrogen-bond acceptors (Lipinski definition) is 2. The standard InChI is InChI=1S/C10H14N2S/c1-3-4-8(2)9-7-12-5-6-13-10(12)11-9/h5-8H,3-4H2,1-2H3. The van der Waals surface area contributed by atoms with Crippen molar-refractivity contribution in [1.82, 2.24) is 9.38 Å². The van der Waals surface area contributed by atoms with Crippen molar-refractivity contribution in [2.75, 3.05) is 0 Å². The van der Waals surface area contributed by atoms with E-state index in [1.165, 1.54) is 18.5 Å². The quantitative estimate of drug-likeness (QED) is 0.732. The molecule has 2 heterocycles. The summed E-state index contributed by atoms with van der Waals surface area (Å²) in [6, 6.07) is 0. The van der Waals surface area contributed by atoms with Crippen LogP contribution in [-0.4, -0.2) is 9.38 Å². The Balaban J connectivity index is 2.28. The minimum atomic E-state index is 0.595. The first-order chi connectivity index (χ1) is 6.31. The highest BCUT2D eigenvalue weighted by Crippen LogP contribution is 2.21. The summed E-state index contributed by atoms with van der Waals surface area (Å²) in [5, 5.41) is 2.07. The molecule has 0 aliphatic carbocycles. The third kappa shape index (κ3) is 1.61. The molecule has 0 N–H and O–H groups in total. The lowest BCUT2D eigenvalue weighted by atomic mass is 10.0. The lowest BCUT2D eigenvalue weighted by molar-refractivity contribution is 0.651. The minimum absolute atomic E-state index is 0.595. The number of aromatic nitrogens is 2. The summed E-state index contributed by atoms with van der Waals surface area (Å²) in [6.45, 7) is 4.46. The average molecular weight is 194 g/mol. The molecule has 2 rings (SSSR count). The molecule has 0 spiro atoms. The summed E-state index contributed by atoms with van der Waals surface area (Å²) in [5.74, 6) is 0.595. The number of fused-ring (bicyclic) bond motifs is 1. The lowest BCUT2D eigenvalue weighted by Gasteiger charge is -2.04. The molecule has 0 aliphatic rings. The number of nitrogens with zero attached hydrogens (tertiary/aromatic N) is 2. The zero-order valence-corrected chi connectivity index (χ0v) is 8.84. The highest BCUT2D eigenvalue weighted by Gasteiger charge is 2.09. The molecule has 2 aromatic heterocycles. The first-order valence-electron chi connectivity index (χ1n) is 4.73. The van der Waals surface area contributed by atoms with Crippen molar-refractivity contribution < 1.29 is 0 Å². The largest absolute Gasteiger partial charge is 0.297 e. The number of hydrogen-bond donors (Lipinski definition) is 0. The van der Waals surface area contributed by atoms with Crippen LogP contribution in [0.1, 0.15) is 38.3 Å². The van der Waals surface area contributed by atoms with Gasteiger partial charge in [-0.2, -0.15) is 0 Å². The van der Waals surface area contributed by atoms with Gasteiger partial charge in [0.15, 0.2) is 4.96 Å². The zero-order valence-electron chi connectivity index (χ0n) is 8.03. The molecule has 1 unspecified atom stereocenters. The Kier molecular flexibility index (Phi) is 2.36. The van der Waals surface area contributed by atoms with Gasteiger partial charge in [0.25, 0.3) is 0 Å². The number of thiazole rings is 1. The molecule has 2 nitrogen and oxygen atoms in total. The van der Waals surface area contributed by atoms with Crippen molar-refractivity contribution in [3.8, 4) is 0 Å². The highest BCUT2D eigenvalue weighted by atomic mass is 32.1. The Morgan fingerprint density at radius 1 is 1.62 bits per heavy atom. The second-order valence-corrected chi connectivity index (χ2v) is 4.32. The SMILES string of the molecule is CCCC(C)c1cn2ccsc2n1. The molecule has 13 heavy (non-hydrogen) atoms. The van der Waals surface area contributed by atoms with Gasteiger partial charge < -0.3 is 0 Å². The lowest BCUT2D eigenvalue weighted by Crippen LogP contribution is -1.92. The van der Waals surface area contributed by atoms with Crippen LogP contribution in [0.5, 0.6) is 0 Å². The van der Waals surface area contributed by atoms with Crippen LogP contribution in [0, 0.1) is 0 Å². The molecule has 3 heteroatoms. The molecule has 0 saturated carbocycles. The maximum atomic E-state index is 4.57. The fraction of sp³-hybridized carbons (Fsp3) is 0.500. The fourth-order valence-corrected chi connectivity index (χ4v) is 2.27. The molecule has 2 aromatic rings. The van der Waals surface area contributed by atoms with Crippen LogP contribution in [-0.2, 0) is 0 Å². The predicted molar refractivity (Wildman–Crippen MR) is 56.4 cm³/mol. The summed E-state index contributed by atoms with van der Waals surface area (Å²) in [7, 11) is 0. The van der Waals surface area contributed by atoms with Crippen LogP contribution in [0.4, 0.5) is 0 Å². The molecule has 70 valence electrons. The second kappa shape index (κ2) is 3.50. The van der Waals surface area contributed by atoms with Gasteiger partial charge in [-0.05, 0) is 12.3 Å². The Labute approximate surface area is 82.2 Å². The average Bonchev–Trinajstić information content (AvgIpc) is 2.61. The van der Waals surface area contributed by atoms with Gasteiger partial charge in [0, 0.05) is 17.8 Å². The topological polar surface area (TPSA) is 17.3 Å². The van der Waals surface area contributed by atoms with Gasteiger partial charge in [0.05, 0.1) is 5.69 Å².